The summed E-state index contributed by atoms with van der Waals surface area (Å²) in [6.07, 6.45) is 14.1. The summed E-state index contributed by atoms with van der Waals surface area (Å²) < 4.78 is 1.88. The van der Waals surface area contributed by atoms with Crippen LogP contribution in [0.25, 0.3) is 22.4 Å². The van der Waals surface area contributed by atoms with E-state index in [2.05, 4.69) is 48.2 Å². The second-order valence-electron chi connectivity index (χ2n) is 6.23. The molecule has 5 rings (SSSR count). The molecule has 0 radical (unpaired) electrons. The van der Waals surface area contributed by atoms with Crippen LogP contribution in [0, 0.1) is 0 Å². The van der Waals surface area contributed by atoms with Gasteiger partial charge in [0.2, 0.25) is 0 Å². The van der Waals surface area contributed by atoms with Gasteiger partial charge in [-0.25, -0.2) is 19.9 Å². The van der Waals surface area contributed by atoms with Gasteiger partial charge in [-0.1, -0.05) is 6.08 Å². The smallest absolute Gasteiger partial charge is 0.143 e. The summed E-state index contributed by atoms with van der Waals surface area (Å²) in [7, 11) is 0. The number of H-pyrrole nitrogens is 1. The highest BCUT2D eigenvalue weighted by atomic mass is 15.2. The lowest BCUT2D eigenvalue weighted by atomic mass is 9.99. The van der Waals surface area contributed by atoms with Gasteiger partial charge in [0.15, 0.2) is 0 Å². The molecule has 7 heteroatoms. The minimum atomic E-state index is 0.822. The van der Waals surface area contributed by atoms with Crippen LogP contribution >= 0.6 is 0 Å². The molecule has 0 spiro atoms. The van der Waals surface area contributed by atoms with Crippen LogP contribution in [-0.2, 0) is 0 Å². The number of imidazole rings is 1. The number of hydrogen-bond acceptors (Lipinski definition) is 5. The fourth-order valence-corrected chi connectivity index (χ4v) is 3.39. The zero-order chi connectivity index (χ0) is 17.3. The fourth-order valence-electron chi connectivity index (χ4n) is 3.39. The molecule has 0 saturated carbocycles. The average molecular weight is 343 g/mol. The van der Waals surface area contributed by atoms with Crippen LogP contribution in [-0.4, -0.2) is 42.6 Å². The Bertz CT molecular complexity index is 1080. The SMILES string of the molecule is C1=C(c2c[nH]c3ncccc23)CCN(c2cc(-n3ccnc3)ncn2)C1. The Morgan fingerprint density at radius 2 is 2.04 bits per heavy atom. The molecule has 1 N–H and O–H groups in total. The van der Waals surface area contributed by atoms with E-state index in [0.29, 0.717) is 0 Å². The first-order valence-electron chi connectivity index (χ1n) is 8.55. The zero-order valence-electron chi connectivity index (χ0n) is 14.1. The monoisotopic (exact) mass is 343 g/mol. The standard InChI is InChI=1S/C19H17N7/c1-2-15-16(11-22-19(15)21-5-1)14-3-7-25(8-4-14)17-10-18(24-12-23-17)26-9-6-20-13-26/h1-3,5-6,9-13H,4,7-8H2,(H,21,22). The molecule has 5 heterocycles. The van der Waals surface area contributed by atoms with E-state index in [1.807, 2.05) is 29.1 Å². The van der Waals surface area contributed by atoms with Gasteiger partial charge in [-0.05, 0) is 24.1 Å². The van der Waals surface area contributed by atoms with Crippen LogP contribution in [0.2, 0.25) is 0 Å². The lowest BCUT2D eigenvalue weighted by molar-refractivity contribution is 0.809. The second-order valence-corrected chi connectivity index (χ2v) is 6.23. The van der Waals surface area contributed by atoms with Crippen LogP contribution in [0.15, 0.2) is 61.7 Å². The summed E-state index contributed by atoms with van der Waals surface area (Å²) in [5.74, 6) is 1.75. The molecule has 4 aromatic heterocycles. The molecule has 0 unspecified atom stereocenters. The van der Waals surface area contributed by atoms with E-state index in [1.54, 1.807) is 18.9 Å². The van der Waals surface area contributed by atoms with Crippen molar-refractivity contribution in [1.82, 2.24) is 29.5 Å². The predicted molar refractivity (Wildman–Crippen MR) is 100 cm³/mol. The molecule has 0 aromatic carbocycles. The van der Waals surface area contributed by atoms with E-state index < -0.39 is 0 Å². The molecule has 0 amide bonds. The van der Waals surface area contributed by atoms with E-state index >= 15 is 0 Å². The fraction of sp³-hybridized carbons (Fsp3) is 0.158. The average Bonchev–Trinajstić information content (AvgIpc) is 3.38. The third-order valence-corrected chi connectivity index (χ3v) is 4.74. The largest absolute Gasteiger partial charge is 0.352 e. The number of nitrogens with zero attached hydrogens (tertiary/aromatic N) is 6. The van der Waals surface area contributed by atoms with E-state index in [0.717, 1.165) is 36.8 Å². The maximum absolute atomic E-state index is 4.45. The molecular formula is C19H17N7. The Labute approximate surface area is 150 Å². The van der Waals surface area contributed by atoms with Crippen LogP contribution in [0.4, 0.5) is 5.82 Å². The van der Waals surface area contributed by atoms with Gasteiger partial charge in [0.05, 0.1) is 0 Å². The Morgan fingerprint density at radius 3 is 2.88 bits per heavy atom. The summed E-state index contributed by atoms with van der Waals surface area (Å²) in [4.78, 5) is 22.7. The maximum Gasteiger partial charge on any atom is 0.143 e. The number of aromatic amines is 1. The Balaban J connectivity index is 1.41. The van der Waals surface area contributed by atoms with Crippen molar-refractivity contribution in [2.75, 3.05) is 18.0 Å². The molecule has 0 fully saturated rings. The van der Waals surface area contributed by atoms with Crippen LogP contribution in [0.5, 0.6) is 0 Å². The van der Waals surface area contributed by atoms with Crippen LogP contribution in [0.1, 0.15) is 12.0 Å². The number of pyridine rings is 1. The van der Waals surface area contributed by atoms with Gasteiger partial charge < -0.3 is 9.88 Å². The van der Waals surface area contributed by atoms with Gasteiger partial charge >= 0.3 is 0 Å². The molecular weight excluding hydrogens is 326 g/mol. The molecule has 7 nitrogen and oxygen atoms in total. The topological polar surface area (TPSA) is 75.5 Å². The Morgan fingerprint density at radius 1 is 1.08 bits per heavy atom. The normalized spacial score (nSPS) is 14.6. The number of fused-ring (bicyclic) bond motifs is 1. The van der Waals surface area contributed by atoms with E-state index in [1.165, 1.54) is 16.5 Å². The summed E-state index contributed by atoms with van der Waals surface area (Å²) in [5.41, 5.74) is 3.53. The molecule has 1 aliphatic rings. The minimum Gasteiger partial charge on any atom is -0.352 e. The number of aromatic nitrogens is 6. The molecule has 0 bridgehead atoms. The van der Waals surface area contributed by atoms with Crippen molar-refractivity contribution in [3.8, 4) is 5.82 Å². The molecule has 26 heavy (non-hydrogen) atoms. The number of hydrogen-bond donors (Lipinski definition) is 1. The molecule has 1 aliphatic heterocycles. The first-order chi connectivity index (χ1) is 12.9. The summed E-state index contributed by atoms with van der Waals surface area (Å²) >= 11 is 0. The first-order valence-corrected chi connectivity index (χ1v) is 8.55. The van der Waals surface area contributed by atoms with Crippen molar-refractivity contribution < 1.29 is 0 Å². The summed E-state index contributed by atoms with van der Waals surface area (Å²) in [5, 5.41) is 1.18. The molecule has 0 saturated heterocycles. The van der Waals surface area contributed by atoms with Crippen molar-refractivity contribution in [2.24, 2.45) is 0 Å². The molecule has 128 valence electrons. The van der Waals surface area contributed by atoms with Gasteiger partial charge in [-0.2, -0.15) is 0 Å². The lowest BCUT2D eigenvalue weighted by Gasteiger charge is -2.27. The highest BCUT2D eigenvalue weighted by Crippen LogP contribution is 2.29. The third-order valence-electron chi connectivity index (χ3n) is 4.74. The summed E-state index contributed by atoms with van der Waals surface area (Å²) in [6.45, 7) is 1.74. The number of anilines is 1. The first kappa shape index (κ1) is 14.8. The molecule has 4 aromatic rings. The number of nitrogens with one attached hydrogen (secondary N) is 1. The van der Waals surface area contributed by atoms with E-state index in [4.69, 9.17) is 0 Å². The number of rotatable bonds is 3. The predicted octanol–water partition coefficient (Wildman–Crippen LogP) is 2.83. The maximum atomic E-state index is 4.45. The highest BCUT2D eigenvalue weighted by Gasteiger charge is 2.17. The van der Waals surface area contributed by atoms with E-state index in [9.17, 15) is 0 Å². The van der Waals surface area contributed by atoms with Crippen molar-refractivity contribution in [1.29, 1.82) is 0 Å². The highest BCUT2D eigenvalue weighted by molar-refractivity contribution is 5.91. The van der Waals surface area contributed by atoms with Crippen LogP contribution in [0.3, 0.4) is 0 Å². The van der Waals surface area contributed by atoms with Gasteiger partial charge in [0.25, 0.3) is 0 Å². The van der Waals surface area contributed by atoms with Gasteiger partial charge in [-0.15, -0.1) is 0 Å². The van der Waals surface area contributed by atoms with Gasteiger partial charge in [0, 0.05) is 54.9 Å². The van der Waals surface area contributed by atoms with Crippen LogP contribution < -0.4 is 4.90 Å². The molecule has 0 atom stereocenters. The van der Waals surface area contributed by atoms with Crippen molar-refractivity contribution >= 4 is 22.4 Å². The van der Waals surface area contributed by atoms with Gasteiger partial charge in [0.1, 0.15) is 29.9 Å². The molecule has 0 aliphatic carbocycles. The Kier molecular flexibility index (Phi) is 3.48. The van der Waals surface area contributed by atoms with Gasteiger partial charge in [-0.3, -0.25) is 4.57 Å². The second kappa shape index (κ2) is 6.11. The van der Waals surface area contributed by atoms with E-state index in [-0.39, 0.29) is 0 Å². The lowest BCUT2D eigenvalue weighted by Crippen LogP contribution is -2.29. The van der Waals surface area contributed by atoms with Crippen molar-refractivity contribution in [3.63, 3.8) is 0 Å². The minimum absolute atomic E-state index is 0.822. The van der Waals surface area contributed by atoms with Crippen molar-refractivity contribution in [3.05, 3.63) is 67.3 Å². The summed E-state index contributed by atoms with van der Waals surface area (Å²) in [6, 6.07) is 6.09. The Hall–Kier alpha value is -3.48. The zero-order valence-corrected chi connectivity index (χ0v) is 14.1. The van der Waals surface area contributed by atoms with Crippen molar-refractivity contribution in [2.45, 2.75) is 6.42 Å². The third kappa shape index (κ3) is 2.54. The quantitative estimate of drug-likeness (QED) is 0.619.